The van der Waals surface area contributed by atoms with Crippen LogP contribution in [0.25, 0.3) is 11.0 Å². The van der Waals surface area contributed by atoms with Gasteiger partial charge in [-0.1, -0.05) is 11.6 Å². The summed E-state index contributed by atoms with van der Waals surface area (Å²) in [6.07, 6.45) is -1.10. The van der Waals surface area contributed by atoms with Gasteiger partial charge in [0.1, 0.15) is 35.4 Å². The van der Waals surface area contributed by atoms with E-state index in [1.807, 2.05) is 0 Å². The Kier molecular flexibility index (Phi) is 3.69. The predicted octanol–water partition coefficient (Wildman–Crippen LogP) is 0.459. The fourth-order valence-corrected chi connectivity index (χ4v) is 3.24. The third kappa shape index (κ3) is 2.03. The Morgan fingerprint density at radius 2 is 2.10 bits per heavy atom. The Morgan fingerprint density at radius 1 is 1.35 bits per heavy atom. The van der Waals surface area contributed by atoms with Crippen LogP contribution in [0.3, 0.4) is 0 Å². The van der Waals surface area contributed by atoms with E-state index < -0.39 is 24.5 Å². The van der Waals surface area contributed by atoms with Crippen molar-refractivity contribution < 1.29 is 20.1 Å². The molecular formula is C11H11BrClN3O4. The summed E-state index contributed by atoms with van der Waals surface area (Å²) in [6.45, 7) is -0.384. The Balaban J connectivity index is 2.10. The van der Waals surface area contributed by atoms with Gasteiger partial charge < -0.3 is 24.6 Å². The van der Waals surface area contributed by atoms with Crippen LogP contribution in [0, 0.1) is 0 Å². The molecule has 0 aliphatic carbocycles. The van der Waals surface area contributed by atoms with Crippen LogP contribution in [0.1, 0.15) is 6.23 Å². The first kappa shape index (κ1) is 14.2. The van der Waals surface area contributed by atoms with Crippen molar-refractivity contribution in [1.29, 1.82) is 0 Å². The third-order valence-corrected chi connectivity index (χ3v) is 4.20. The van der Waals surface area contributed by atoms with Gasteiger partial charge in [0, 0.05) is 10.7 Å². The fraction of sp³-hybridized carbons (Fsp3) is 0.455. The van der Waals surface area contributed by atoms with Gasteiger partial charge in [0.05, 0.1) is 12.0 Å². The second kappa shape index (κ2) is 5.21. The molecule has 0 aromatic carbocycles. The maximum absolute atomic E-state index is 10.1. The zero-order valence-electron chi connectivity index (χ0n) is 10.0. The highest BCUT2D eigenvalue weighted by atomic mass is 79.9. The zero-order valence-corrected chi connectivity index (χ0v) is 12.4. The Labute approximate surface area is 126 Å². The SMILES string of the molecule is OC[C@H]1OC(n2cc(Br)c3c(Cl)ncnc32)[C@H](O)[C@@H]1O. The third-order valence-electron chi connectivity index (χ3n) is 3.31. The summed E-state index contributed by atoms with van der Waals surface area (Å²) in [4.78, 5) is 8.01. The first-order valence-corrected chi connectivity index (χ1v) is 7.00. The molecule has 7 nitrogen and oxygen atoms in total. The molecule has 0 saturated carbocycles. The van der Waals surface area contributed by atoms with Crippen molar-refractivity contribution in [2.24, 2.45) is 0 Å². The van der Waals surface area contributed by atoms with E-state index in [1.165, 1.54) is 6.33 Å². The topological polar surface area (TPSA) is 101 Å². The molecule has 1 aliphatic heterocycles. The second-order valence-corrected chi connectivity index (χ2v) is 5.69. The van der Waals surface area contributed by atoms with Crippen LogP contribution in [-0.2, 0) is 4.74 Å². The average Bonchev–Trinajstić information content (AvgIpc) is 2.90. The van der Waals surface area contributed by atoms with Crippen LogP contribution in [0.4, 0.5) is 0 Å². The molecule has 3 N–H and O–H groups in total. The van der Waals surface area contributed by atoms with Gasteiger partial charge in [-0.05, 0) is 15.9 Å². The number of halogens is 2. The maximum Gasteiger partial charge on any atom is 0.164 e. The number of hydrogen-bond donors (Lipinski definition) is 3. The Hall–Kier alpha value is -0.770. The van der Waals surface area contributed by atoms with Crippen molar-refractivity contribution in [2.45, 2.75) is 24.5 Å². The fourth-order valence-electron chi connectivity index (χ4n) is 2.31. The van der Waals surface area contributed by atoms with Gasteiger partial charge in [-0.3, -0.25) is 0 Å². The summed E-state index contributed by atoms with van der Waals surface area (Å²) in [7, 11) is 0. The molecule has 0 amide bonds. The number of ether oxygens (including phenoxy) is 1. The molecule has 108 valence electrons. The van der Waals surface area contributed by atoms with E-state index in [9.17, 15) is 10.2 Å². The maximum atomic E-state index is 10.1. The molecule has 2 aromatic rings. The highest BCUT2D eigenvalue weighted by Gasteiger charge is 2.44. The van der Waals surface area contributed by atoms with Gasteiger partial charge >= 0.3 is 0 Å². The number of fused-ring (bicyclic) bond motifs is 1. The van der Waals surface area contributed by atoms with Crippen LogP contribution in [0.15, 0.2) is 17.0 Å². The van der Waals surface area contributed by atoms with E-state index in [2.05, 4.69) is 25.9 Å². The smallest absolute Gasteiger partial charge is 0.164 e. The molecule has 2 aromatic heterocycles. The molecule has 3 rings (SSSR count). The summed E-state index contributed by atoms with van der Waals surface area (Å²) in [6, 6.07) is 0. The minimum absolute atomic E-state index is 0.271. The lowest BCUT2D eigenvalue weighted by molar-refractivity contribution is -0.0509. The molecule has 1 fully saturated rings. The first-order chi connectivity index (χ1) is 9.54. The van der Waals surface area contributed by atoms with Gasteiger partial charge in [0.25, 0.3) is 0 Å². The van der Waals surface area contributed by atoms with Gasteiger partial charge in [0.2, 0.25) is 0 Å². The first-order valence-electron chi connectivity index (χ1n) is 5.83. The number of aromatic nitrogens is 3. The highest BCUT2D eigenvalue weighted by molar-refractivity contribution is 9.10. The van der Waals surface area contributed by atoms with Gasteiger partial charge in [-0.25, -0.2) is 9.97 Å². The number of aliphatic hydroxyl groups excluding tert-OH is 3. The molecule has 0 spiro atoms. The van der Waals surface area contributed by atoms with Crippen LogP contribution < -0.4 is 0 Å². The largest absolute Gasteiger partial charge is 0.394 e. The van der Waals surface area contributed by atoms with E-state index in [1.54, 1.807) is 10.8 Å². The van der Waals surface area contributed by atoms with Crippen LogP contribution >= 0.6 is 27.5 Å². The van der Waals surface area contributed by atoms with Crippen molar-refractivity contribution in [2.75, 3.05) is 6.61 Å². The van der Waals surface area contributed by atoms with Gasteiger partial charge in [0.15, 0.2) is 6.23 Å². The lowest BCUT2D eigenvalue weighted by Gasteiger charge is -2.17. The zero-order chi connectivity index (χ0) is 14.4. The highest BCUT2D eigenvalue weighted by Crippen LogP contribution is 2.36. The number of hydrogen-bond acceptors (Lipinski definition) is 6. The van der Waals surface area contributed by atoms with Crippen molar-refractivity contribution in [3.8, 4) is 0 Å². The minimum Gasteiger partial charge on any atom is -0.394 e. The van der Waals surface area contributed by atoms with E-state index in [0.29, 0.717) is 15.5 Å². The van der Waals surface area contributed by atoms with E-state index in [0.717, 1.165) is 0 Å². The Morgan fingerprint density at radius 3 is 2.75 bits per heavy atom. The van der Waals surface area contributed by atoms with E-state index in [4.69, 9.17) is 21.4 Å². The van der Waals surface area contributed by atoms with Crippen molar-refractivity contribution in [3.05, 3.63) is 22.1 Å². The van der Waals surface area contributed by atoms with E-state index >= 15 is 0 Å². The quantitative estimate of drug-likeness (QED) is 0.669. The second-order valence-electron chi connectivity index (χ2n) is 4.48. The van der Waals surface area contributed by atoms with Crippen LogP contribution in [0.5, 0.6) is 0 Å². The summed E-state index contributed by atoms with van der Waals surface area (Å²) in [5.74, 6) is 0. The molecule has 9 heteroatoms. The van der Waals surface area contributed by atoms with Gasteiger partial charge in [-0.2, -0.15) is 0 Å². The molecule has 0 bridgehead atoms. The molecule has 4 atom stereocenters. The minimum atomic E-state index is -1.18. The van der Waals surface area contributed by atoms with Crippen molar-refractivity contribution >= 4 is 38.6 Å². The summed E-state index contributed by atoms with van der Waals surface area (Å²) >= 11 is 9.36. The Bertz CT molecular complexity index is 652. The van der Waals surface area contributed by atoms with Crippen LogP contribution in [-0.4, -0.2) is 54.8 Å². The standard InChI is InChI=1S/C11H11BrClN3O4/c12-4-1-16(10-6(4)9(13)14-3-15-10)11-8(19)7(18)5(2-17)20-11/h1,3,5,7-8,11,17-19H,2H2/t5-,7-,8-,11?/m1/s1. The van der Waals surface area contributed by atoms with Crippen molar-refractivity contribution in [1.82, 2.24) is 14.5 Å². The lowest BCUT2D eigenvalue weighted by Crippen LogP contribution is -2.33. The molecular weight excluding hydrogens is 353 g/mol. The summed E-state index contributed by atoms with van der Waals surface area (Å²) < 4.78 is 7.67. The predicted molar refractivity (Wildman–Crippen MR) is 73.2 cm³/mol. The molecule has 20 heavy (non-hydrogen) atoms. The molecule has 1 saturated heterocycles. The molecule has 1 aliphatic rings. The number of aliphatic hydroxyl groups is 3. The lowest BCUT2D eigenvalue weighted by atomic mass is 10.1. The summed E-state index contributed by atoms with van der Waals surface area (Å²) in [5, 5.41) is 29.8. The molecule has 0 radical (unpaired) electrons. The average molecular weight is 365 g/mol. The normalized spacial score (nSPS) is 30.2. The van der Waals surface area contributed by atoms with E-state index in [-0.39, 0.29) is 11.8 Å². The van der Waals surface area contributed by atoms with Gasteiger partial charge in [-0.15, -0.1) is 0 Å². The molecule has 3 heterocycles. The monoisotopic (exact) mass is 363 g/mol. The molecule has 1 unspecified atom stereocenters. The van der Waals surface area contributed by atoms with Crippen LogP contribution in [0.2, 0.25) is 5.15 Å². The number of rotatable bonds is 2. The summed E-state index contributed by atoms with van der Waals surface area (Å²) in [5.41, 5.74) is 0.465. The number of nitrogens with zero attached hydrogens (tertiary/aromatic N) is 3. The van der Waals surface area contributed by atoms with Crippen molar-refractivity contribution in [3.63, 3.8) is 0 Å².